The van der Waals surface area contributed by atoms with E-state index in [0.717, 1.165) is 0 Å². The molecule has 1 fully saturated rings. The lowest BCUT2D eigenvalue weighted by Gasteiger charge is -2.18. The normalized spacial score (nSPS) is 15.8. The van der Waals surface area contributed by atoms with Crippen molar-refractivity contribution in [1.29, 1.82) is 0 Å². The number of nitrogens with one attached hydrogen (secondary N) is 1. The highest BCUT2D eigenvalue weighted by molar-refractivity contribution is 5.94. The maximum atomic E-state index is 12.2. The van der Waals surface area contributed by atoms with E-state index in [1.807, 2.05) is 18.2 Å². The summed E-state index contributed by atoms with van der Waals surface area (Å²) in [6.45, 7) is 0. The molecule has 1 aromatic heterocycles. The van der Waals surface area contributed by atoms with Gasteiger partial charge in [-0.25, -0.2) is 0 Å². The van der Waals surface area contributed by atoms with E-state index in [-0.39, 0.29) is 11.9 Å². The zero-order chi connectivity index (χ0) is 13.1. The Morgan fingerprint density at radius 1 is 1.11 bits per heavy atom. The van der Waals surface area contributed by atoms with Crippen LogP contribution in [0.2, 0.25) is 0 Å². The second-order valence-corrected chi connectivity index (χ2v) is 4.94. The van der Waals surface area contributed by atoms with Crippen molar-refractivity contribution >= 4 is 5.91 Å². The summed E-state index contributed by atoms with van der Waals surface area (Å²) in [5.41, 5.74) is 1.85. The van der Waals surface area contributed by atoms with Crippen molar-refractivity contribution in [2.45, 2.75) is 18.9 Å². The van der Waals surface area contributed by atoms with Crippen LogP contribution in [0.1, 0.15) is 34.8 Å². The zero-order valence-electron chi connectivity index (χ0n) is 10.6. The first-order valence-corrected chi connectivity index (χ1v) is 6.60. The van der Waals surface area contributed by atoms with E-state index in [4.69, 9.17) is 0 Å². The Kier molecular flexibility index (Phi) is 3.27. The summed E-state index contributed by atoms with van der Waals surface area (Å²) in [5.74, 6) is 0.552. The van der Waals surface area contributed by atoms with E-state index in [1.165, 1.54) is 18.4 Å². The number of aromatic nitrogens is 1. The average Bonchev–Trinajstić information content (AvgIpc) is 3.31. The van der Waals surface area contributed by atoms with Crippen LogP contribution in [0.3, 0.4) is 0 Å². The standard InChI is InChI=1S/C16H16N2O/c19-16(14-8-10-17-11-9-14)18-15(13-6-7-13)12-4-2-1-3-5-12/h1-5,8-11,13,15H,6-7H2,(H,18,19). The fourth-order valence-electron chi connectivity index (χ4n) is 2.29. The second kappa shape index (κ2) is 5.22. The number of hydrogen-bond donors (Lipinski definition) is 1. The van der Waals surface area contributed by atoms with E-state index in [2.05, 4.69) is 22.4 Å². The monoisotopic (exact) mass is 252 g/mol. The SMILES string of the molecule is O=C(NC(c1ccccc1)C1CC1)c1ccncc1. The zero-order valence-corrected chi connectivity index (χ0v) is 10.6. The van der Waals surface area contributed by atoms with Crippen molar-refractivity contribution in [3.8, 4) is 0 Å². The minimum atomic E-state index is -0.0249. The van der Waals surface area contributed by atoms with Crippen LogP contribution >= 0.6 is 0 Å². The molecule has 1 atom stereocenters. The molecule has 1 aromatic carbocycles. The fourth-order valence-corrected chi connectivity index (χ4v) is 2.29. The molecule has 1 N–H and O–H groups in total. The van der Waals surface area contributed by atoms with E-state index < -0.39 is 0 Å². The Morgan fingerprint density at radius 3 is 2.42 bits per heavy atom. The number of rotatable bonds is 4. The highest BCUT2D eigenvalue weighted by atomic mass is 16.1. The molecular formula is C16H16N2O. The van der Waals surface area contributed by atoms with Gasteiger partial charge in [0.1, 0.15) is 0 Å². The molecule has 1 heterocycles. The molecule has 2 aromatic rings. The van der Waals surface area contributed by atoms with Gasteiger partial charge in [-0.15, -0.1) is 0 Å². The number of amides is 1. The van der Waals surface area contributed by atoms with Crippen molar-refractivity contribution in [2.24, 2.45) is 5.92 Å². The molecule has 1 aliphatic rings. The molecule has 19 heavy (non-hydrogen) atoms. The summed E-state index contributed by atoms with van der Waals surface area (Å²) in [7, 11) is 0. The molecule has 96 valence electrons. The molecule has 1 amide bonds. The number of hydrogen-bond acceptors (Lipinski definition) is 2. The third-order valence-corrected chi connectivity index (χ3v) is 3.48. The van der Waals surface area contributed by atoms with E-state index in [1.54, 1.807) is 24.5 Å². The lowest BCUT2D eigenvalue weighted by atomic mass is 10.0. The first kappa shape index (κ1) is 11.9. The molecule has 0 bridgehead atoms. The molecule has 0 aliphatic heterocycles. The van der Waals surface area contributed by atoms with Crippen LogP contribution in [-0.2, 0) is 0 Å². The number of pyridine rings is 1. The van der Waals surface area contributed by atoms with Gasteiger partial charge in [0.25, 0.3) is 5.91 Å². The lowest BCUT2D eigenvalue weighted by Crippen LogP contribution is -2.29. The molecule has 3 heteroatoms. The predicted molar refractivity (Wildman–Crippen MR) is 73.6 cm³/mol. The second-order valence-electron chi connectivity index (χ2n) is 4.94. The van der Waals surface area contributed by atoms with Gasteiger partial charge >= 0.3 is 0 Å². The highest BCUT2D eigenvalue weighted by Gasteiger charge is 2.33. The summed E-state index contributed by atoms with van der Waals surface area (Å²) in [6.07, 6.45) is 5.67. The summed E-state index contributed by atoms with van der Waals surface area (Å²) in [4.78, 5) is 16.2. The highest BCUT2D eigenvalue weighted by Crippen LogP contribution is 2.41. The summed E-state index contributed by atoms with van der Waals surface area (Å²) < 4.78 is 0. The Morgan fingerprint density at radius 2 is 1.79 bits per heavy atom. The molecule has 0 spiro atoms. The van der Waals surface area contributed by atoms with Crippen LogP contribution in [0, 0.1) is 5.92 Å². The molecule has 1 saturated carbocycles. The van der Waals surface area contributed by atoms with Gasteiger partial charge in [0.15, 0.2) is 0 Å². The fraction of sp³-hybridized carbons (Fsp3) is 0.250. The van der Waals surface area contributed by atoms with Gasteiger partial charge in [-0.05, 0) is 36.5 Å². The van der Waals surface area contributed by atoms with Gasteiger partial charge in [-0.3, -0.25) is 9.78 Å². The summed E-state index contributed by atoms with van der Waals surface area (Å²) in [6, 6.07) is 13.8. The van der Waals surface area contributed by atoms with Crippen LogP contribution in [0.25, 0.3) is 0 Å². The molecule has 0 saturated heterocycles. The number of carbonyl (C=O) groups excluding carboxylic acids is 1. The van der Waals surface area contributed by atoms with E-state index >= 15 is 0 Å². The molecular weight excluding hydrogens is 236 g/mol. The smallest absolute Gasteiger partial charge is 0.251 e. The molecule has 3 rings (SSSR count). The van der Waals surface area contributed by atoms with Crippen LogP contribution in [-0.4, -0.2) is 10.9 Å². The van der Waals surface area contributed by atoms with E-state index in [9.17, 15) is 4.79 Å². The minimum absolute atomic E-state index is 0.0249. The minimum Gasteiger partial charge on any atom is -0.345 e. The van der Waals surface area contributed by atoms with Crippen molar-refractivity contribution in [3.05, 3.63) is 66.0 Å². The van der Waals surface area contributed by atoms with Crippen molar-refractivity contribution in [2.75, 3.05) is 0 Å². The molecule has 3 nitrogen and oxygen atoms in total. The van der Waals surface area contributed by atoms with Gasteiger partial charge in [0.2, 0.25) is 0 Å². The van der Waals surface area contributed by atoms with Crippen molar-refractivity contribution in [3.63, 3.8) is 0 Å². The largest absolute Gasteiger partial charge is 0.345 e. The van der Waals surface area contributed by atoms with Crippen LogP contribution in [0.15, 0.2) is 54.9 Å². The Balaban J connectivity index is 1.78. The van der Waals surface area contributed by atoms with Gasteiger partial charge in [-0.1, -0.05) is 30.3 Å². The number of carbonyl (C=O) groups is 1. The molecule has 1 aliphatic carbocycles. The third-order valence-electron chi connectivity index (χ3n) is 3.48. The maximum absolute atomic E-state index is 12.2. The predicted octanol–water partition coefficient (Wildman–Crippen LogP) is 2.96. The third kappa shape index (κ3) is 2.81. The maximum Gasteiger partial charge on any atom is 0.251 e. The summed E-state index contributed by atoms with van der Waals surface area (Å²) >= 11 is 0. The Bertz CT molecular complexity index is 549. The van der Waals surface area contributed by atoms with Crippen LogP contribution < -0.4 is 5.32 Å². The van der Waals surface area contributed by atoms with E-state index in [0.29, 0.717) is 11.5 Å². The van der Waals surface area contributed by atoms with Crippen LogP contribution in [0.5, 0.6) is 0 Å². The van der Waals surface area contributed by atoms with Gasteiger partial charge in [0.05, 0.1) is 6.04 Å². The number of nitrogens with zero attached hydrogens (tertiary/aromatic N) is 1. The molecule has 0 radical (unpaired) electrons. The van der Waals surface area contributed by atoms with Gasteiger partial charge in [0, 0.05) is 18.0 Å². The first-order valence-electron chi connectivity index (χ1n) is 6.60. The van der Waals surface area contributed by atoms with Gasteiger partial charge in [-0.2, -0.15) is 0 Å². The quantitative estimate of drug-likeness (QED) is 0.909. The number of benzene rings is 1. The Hall–Kier alpha value is -2.16. The van der Waals surface area contributed by atoms with Crippen molar-refractivity contribution < 1.29 is 4.79 Å². The summed E-state index contributed by atoms with van der Waals surface area (Å²) in [5, 5.41) is 3.14. The topological polar surface area (TPSA) is 42.0 Å². The average molecular weight is 252 g/mol. The van der Waals surface area contributed by atoms with Crippen molar-refractivity contribution in [1.82, 2.24) is 10.3 Å². The van der Waals surface area contributed by atoms with Gasteiger partial charge < -0.3 is 5.32 Å². The first-order chi connectivity index (χ1) is 9.34. The Labute approximate surface area is 112 Å². The lowest BCUT2D eigenvalue weighted by molar-refractivity contribution is 0.0931. The van der Waals surface area contributed by atoms with Crippen LogP contribution in [0.4, 0.5) is 0 Å². The molecule has 1 unspecified atom stereocenters.